The zero-order valence-electron chi connectivity index (χ0n) is 8.09. The van der Waals surface area contributed by atoms with E-state index in [1.165, 1.54) is 5.48 Å². The monoisotopic (exact) mass is 189 g/mol. The summed E-state index contributed by atoms with van der Waals surface area (Å²) < 4.78 is 4.93. The molecule has 5 heteroatoms. The minimum absolute atomic E-state index is 0.0241. The van der Waals surface area contributed by atoms with Gasteiger partial charge in [-0.3, -0.25) is 14.8 Å². The van der Waals surface area contributed by atoms with E-state index >= 15 is 0 Å². The van der Waals surface area contributed by atoms with Crippen molar-refractivity contribution in [3.8, 4) is 0 Å². The van der Waals surface area contributed by atoms with Crippen LogP contribution in [0.2, 0.25) is 0 Å². The summed E-state index contributed by atoms with van der Waals surface area (Å²) in [4.78, 5) is 21.5. The number of ether oxygens (including phenoxy) is 1. The SMILES string of the molecule is CC(C)(C)OC(=O)CCC(=O)NO. The largest absolute Gasteiger partial charge is 0.460 e. The molecule has 0 rings (SSSR count). The third-order valence-corrected chi connectivity index (χ3v) is 1.10. The van der Waals surface area contributed by atoms with Gasteiger partial charge in [0.15, 0.2) is 0 Å². The maximum absolute atomic E-state index is 11.0. The van der Waals surface area contributed by atoms with Gasteiger partial charge in [0.05, 0.1) is 6.42 Å². The molecule has 0 bridgehead atoms. The molecule has 0 aliphatic rings. The zero-order valence-corrected chi connectivity index (χ0v) is 8.09. The van der Waals surface area contributed by atoms with E-state index in [-0.39, 0.29) is 12.8 Å². The third-order valence-electron chi connectivity index (χ3n) is 1.10. The van der Waals surface area contributed by atoms with Gasteiger partial charge in [-0.25, -0.2) is 5.48 Å². The molecule has 0 heterocycles. The lowest BCUT2D eigenvalue weighted by atomic mass is 10.2. The predicted octanol–water partition coefficient (Wildman–Crippen LogP) is 0.614. The van der Waals surface area contributed by atoms with Crippen molar-refractivity contribution in [2.75, 3.05) is 0 Å². The smallest absolute Gasteiger partial charge is 0.306 e. The molecule has 13 heavy (non-hydrogen) atoms. The van der Waals surface area contributed by atoms with E-state index in [0.29, 0.717) is 0 Å². The summed E-state index contributed by atoms with van der Waals surface area (Å²) in [6, 6.07) is 0. The Hall–Kier alpha value is -1.10. The predicted molar refractivity (Wildman–Crippen MR) is 45.0 cm³/mol. The van der Waals surface area contributed by atoms with Crippen LogP contribution in [0.15, 0.2) is 0 Å². The summed E-state index contributed by atoms with van der Waals surface area (Å²) in [6.45, 7) is 5.24. The Labute approximate surface area is 77.0 Å². The summed E-state index contributed by atoms with van der Waals surface area (Å²) in [5, 5.41) is 8.13. The van der Waals surface area contributed by atoms with Crippen molar-refractivity contribution in [2.24, 2.45) is 0 Å². The van der Waals surface area contributed by atoms with Gasteiger partial charge in [-0.2, -0.15) is 0 Å². The average molecular weight is 189 g/mol. The van der Waals surface area contributed by atoms with E-state index in [9.17, 15) is 9.59 Å². The van der Waals surface area contributed by atoms with Crippen molar-refractivity contribution >= 4 is 11.9 Å². The van der Waals surface area contributed by atoms with Crippen LogP contribution in [0.25, 0.3) is 0 Å². The van der Waals surface area contributed by atoms with Crippen LogP contribution in [0.1, 0.15) is 33.6 Å². The number of hydrogen-bond acceptors (Lipinski definition) is 4. The van der Waals surface area contributed by atoms with Gasteiger partial charge in [-0.05, 0) is 20.8 Å². The molecule has 76 valence electrons. The molecule has 0 aliphatic carbocycles. The van der Waals surface area contributed by atoms with Crippen LogP contribution in [0.5, 0.6) is 0 Å². The summed E-state index contributed by atoms with van der Waals surface area (Å²) >= 11 is 0. The fraction of sp³-hybridized carbons (Fsp3) is 0.750. The van der Waals surface area contributed by atoms with Crippen molar-refractivity contribution in [3.05, 3.63) is 0 Å². The third kappa shape index (κ3) is 7.27. The molecule has 0 saturated carbocycles. The Morgan fingerprint density at radius 2 is 1.85 bits per heavy atom. The molecule has 0 atom stereocenters. The minimum Gasteiger partial charge on any atom is -0.460 e. The first kappa shape index (κ1) is 11.9. The Morgan fingerprint density at radius 1 is 1.31 bits per heavy atom. The Morgan fingerprint density at radius 3 is 2.23 bits per heavy atom. The molecule has 0 aromatic carbocycles. The molecule has 0 saturated heterocycles. The van der Waals surface area contributed by atoms with E-state index < -0.39 is 17.5 Å². The first-order chi connectivity index (χ1) is 5.85. The molecule has 5 nitrogen and oxygen atoms in total. The highest BCUT2D eigenvalue weighted by Gasteiger charge is 2.16. The van der Waals surface area contributed by atoms with E-state index in [1.807, 2.05) is 0 Å². The molecular formula is C8H15NO4. The number of hydroxylamine groups is 1. The van der Waals surface area contributed by atoms with Crippen LogP contribution in [0, 0.1) is 0 Å². The highest BCUT2D eigenvalue weighted by molar-refractivity contribution is 5.80. The fourth-order valence-electron chi connectivity index (χ4n) is 0.664. The molecule has 0 fully saturated rings. The second kappa shape index (κ2) is 4.81. The second-order valence-corrected chi connectivity index (χ2v) is 3.62. The molecule has 0 spiro atoms. The number of amides is 1. The van der Waals surface area contributed by atoms with Crippen molar-refractivity contribution in [1.82, 2.24) is 5.48 Å². The van der Waals surface area contributed by atoms with Gasteiger partial charge < -0.3 is 4.74 Å². The lowest BCUT2D eigenvalue weighted by Gasteiger charge is -2.19. The van der Waals surface area contributed by atoms with Gasteiger partial charge in [0.25, 0.3) is 0 Å². The number of hydrogen-bond donors (Lipinski definition) is 2. The lowest BCUT2D eigenvalue weighted by molar-refractivity contribution is -0.156. The van der Waals surface area contributed by atoms with Crippen LogP contribution in [-0.4, -0.2) is 22.7 Å². The number of nitrogens with one attached hydrogen (secondary N) is 1. The van der Waals surface area contributed by atoms with Crippen molar-refractivity contribution in [2.45, 2.75) is 39.2 Å². The summed E-state index contributed by atoms with van der Waals surface area (Å²) in [5.41, 5.74) is 0.902. The van der Waals surface area contributed by atoms with Crippen LogP contribution >= 0.6 is 0 Å². The molecule has 2 N–H and O–H groups in total. The number of rotatable bonds is 3. The number of carbonyl (C=O) groups is 2. The molecule has 0 radical (unpaired) electrons. The minimum atomic E-state index is -0.592. The average Bonchev–Trinajstić information content (AvgIpc) is 1.97. The molecule has 0 aliphatic heterocycles. The lowest BCUT2D eigenvalue weighted by Crippen LogP contribution is -2.25. The first-order valence-electron chi connectivity index (χ1n) is 4.00. The van der Waals surface area contributed by atoms with Crippen LogP contribution in [0.3, 0.4) is 0 Å². The maximum atomic E-state index is 11.0. The highest BCUT2D eigenvalue weighted by Crippen LogP contribution is 2.08. The van der Waals surface area contributed by atoms with E-state index in [4.69, 9.17) is 9.94 Å². The van der Waals surface area contributed by atoms with Crippen molar-refractivity contribution in [3.63, 3.8) is 0 Å². The Bertz CT molecular complexity index is 195. The quantitative estimate of drug-likeness (QED) is 0.387. The normalized spacial score (nSPS) is 10.8. The van der Waals surface area contributed by atoms with Crippen molar-refractivity contribution < 1.29 is 19.5 Å². The Balaban J connectivity index is 3.71. The van der Waals surface area contributed by atoms with Gasteiger partial charge in [0, 0.05) is 6.42 Å². The molecule has 1 amide bonds. The molecule has 0 aromatic rings. The molecule has 0 unspecified atom stereocenters. The topological polar surface area (TPSA) is 75.6 Å². The van der Waals surface area contributed by atoms with E-state index in [1.54, 1.807) is 20.8 Å². The second-order valence-electron chi connectivity index (χ2n) is 3.62. The van der Waals surface area contributed by atoms with Gasteiger partial charge >= 0.3 is 5.97 Å². The summed E-state index contributed by atoms with van der Waals surface area (Å²) in [5.74, 6) is -1.04. The Kier molecular flexibility index (Phi) is 4.40. The standard InChI is InChI=1S/C8H15NO4/c1-8(2,3)13-7(11)5-4-6(10)9-12/h12H,4-5H2,1-3H3,(H,9,10). The maximum Gasteiger partial charge on any atom is 0.306 e. The summed E-state index contributed by atoms with van der Waals surface area (Å²) in [7, 11) is 0. The van der Waals surface area contributed by atoms with Gasteiger partial charge in [-0.15, -0.1) is 0 Å². The van der Waals surface area contributed by atoms with Gasteiger partial charge in [-0.1, -0.05) is 0 Å². The van der Waals surface area contributed by atoms with E-state index in [2.05, 4.69) is 0 Å². The first-order valence-corrected chi connectivity index (χ1v) is 4.00. The zero-order chi connectivity index (χ0) is 10.5. The molecule has 0 aromatic heterocycles. The molecular weight excluding hydrogens is 174 g/mol. The summed E-state index contributed by atoms with van der Waals surface area (Å²) in [6.07, 6.45) is -0.0882. The van der Waals surface area contributed by atoms with Crippen LogP contribution in [-0.2, 0) is 14.3 Å². The number of esters is 1. The van der Waals surface area contributed by atoms with Crippen LogP contribution < -0.4 is 5.48 Å². The fourth-order valence-corrected chi connectivity index (χ4v) is 0.664. The van der Waals surface area contributed by atoms with Crippen molar-refractivity contribution in [1.29, 1.82) is 0 Å². The van der Waals surface area contributed by atoms with Gasteiger partial charge in [0.2, 0.25) is 5.91 Å². The highest BCUT2D eigenvalue weighted by atomic mass is 16.6. The van der Waals surface area contributed by atoms with Crippen LogP contribution in [0.4, 0.5) is 0 Å². The van der Waals surface area contributed by atoms with E-state index in [0.717, 1.165) is 0 Å². The number of carbonyl (C=O) groups excluding carboxylic acids is 2. The van der Waals surface area contributed by atoms with Gasteiger partial charge in [0.1, 0.15) is 5.60 Å².